The van der Waals surface area contributed by atoms with Gasteiger partial charge in [0.25, 0.3) is 0 Å². The zero-order chi connectivity index (χ0) is 38.9. The molecule has 0 spiro atoms. The number of fused-ring (bicyclic) bond motifs is 3. The third-order valence-corrected chi connectivity index (χ3v) is 10.2. The van der Waals surface area contributed by atoms with Gasteiger partial charge in [-0.05, 0) is 88.0 Å². The fourth-order valence-electron chi connectivity index (χ4n) is 7.48. The smallest absolute Gasteiger partial charge is 0.216 e. The summed E-state index contributed by atoms with van der Waals surface area (Å²) in [5.41, 5.74) is 16.1. The van der Waals surface area contributed by atoms with E-state index < -0.39 is 0 Å². The number of rotatable bonds is 6. The molecule has 285 valence electrons. The topological polar surface area (TPSA) is 51.8 Å². The van der Waals surface area contributed by atoms with Crippen molar-refractivity contribution in [2.24, 2.45) is 0 Å². The molecular formula is C51H49IrN3O-2. The standard InChI is InChI=1S/C39H39N2O.C12H10N.Ir/c1-23(2)27-17-18-28(26-13-10-9-11-14-26)35(24(3)4)36(27)33-20-19-30-29-15-12-16-31(37(29)42-38(30)41-33)34-21-25(5)32(22-40-34)39(6,7)8;1-10-7-8-12(13-9-10)11-5-3-2-4-6-11;/h9-15,17-24H,1-8H3;2-5,7-9H,1H3;/q2*-1;. The van der Waals surface area contributed by atoms with E-state index in [0.29, 0.717) is 17.5 Å². The monoisotopic (exact) mass is 912 g/mol. The molecule has 4 nitrogen and oxygen atoms in total. The Morgan fingerprint density at radius 3 is 2.04 bits per heavy atom. The van der Waals surface area contributed by atoms with E-state index in [1.807, 2.05) is 55.7 Å². The van der Waals surface area contributed by atoms with E-state index in [0.717, 1.165) is 44.6 Å². The van der Waals surface area contributed by atoms with E-state index in [-0.39, 0.29) is 25.5 Å². The van der Waals surface area contributed by atoms with Crippen LogP contribution >= 0.6 is 0 Å². The normalized spacial score (nSPS) is 11.5. The van der Waals surface area contributed by atoms with Gasteiger partial charge in [-0.2, -0.15) is 0 Å². The molecule has 0 bridgehead atoms. The summed E-state index contributed by atoms with van der Waals surface area (Å²) >= 11 is 0. The van der Waals surface area contributed by atoms with Crippen molar-refractivity contribution in [3.05, 3.63) is 162 Å². The summed E-state index contributed by atoms with van der Waals surface area (Å²) in [6, 6.07) is 44.2. The maximum atomic E-state index is 6.57. The molecule has 4 aromatic carbocycles. The number of benzene rings is 4. The van der Waals surface area contributed by atoms with E-state index in [1.54, 1.807) is 0 Å². The molecule has 5 heteroatoms. The van der Waals surface area contributed by atoms with Crippen LogP contribution in [0.5, 0.6) is 0 Å². The van der Waals surface area contributed by atoms with E-state index in [9.17, 15) is 0 Å². The second-order valence-corrected chi connectivity index (χ2v) is 16.0. The molecule has 0 amide bonds. The van der Waals surface area contributed by atoms with E-state index in [2.05, 4.69) is 145 Å². The Labute approximate surface area is 345 Å². The second kappa shape index (κ2) is 16.9. The molecular weight excluding hydrogens is 863 g/mol. The van der Waals surface area contributed by atoms with E-state index >= 15 is 0 Å². The van der Waals surface area contributed by atoms with Crippen LogP contribution in [0.2, 0.25) is 0 Å². The molecule has 0 aliphatic heterocycles. The molecule has 0 saturated heterocycles. The number of hydrogen-bond acceptors (Lipinski definition) is 4. The van der Waals surface area contributed by atoms with Crippen LogP contribution in [0.15, 0.2) is 126 Å². The third kappa shape index (κ3) is 8.31. The molecule has 0 aliphatic rings. The van der Waals surface area contributed by atoms with E-state index in [1.165, 1.54) is 44.5 Å². The Kier molecular flexibility index (Phi) is 12.2. The first kappa shape index (κ1) is 40.4. The van der Waals surface area contributed by atoms with Crippen molar-refractivity contribution >= 4 is 22.1 Å². The predicted octanol–water partition coefficient (Wildman–Crippen LogP) is 13.9. The minimum Gasteiger partial charge on any atom is -0.486 e. The van der Waals surface area contributed by atoms with Gasteiger partial charge in [-0.25, -0.2) is 4.98 Å². The Bertz CT molecular complexity index is 2580. The second-order valence-electron chi connectivity index (χ2n) is 16.0. The molecule has 4 aromatic heterocycles. The van der Waals surface area contributed by atoms with Gasteiger partial charge in [0, 0.05) is 43.4 Å². The van der Waals surface area contributed by atoms with Gasteiger partial charge < -0.3 is 14.4 Å². The van der Waals surface area contributed by atoms with Gasteiger partial charge in [-0.15, -0.1) is 54.1 Å². The van der Waals surface area contributed by atoms with Gasteiger partial charge in [-0.3, -0.25) is 0 Å². The van der Waals surface area contributed by atoms with Gasteiger partial charge >= 0.3 is 0 Å². The molecule has 0 N–H and O–H groups in total. The molecule has 8 rings (SSSR count). The van der Waals surface area contributed by atoms with Crippen LogP contribution in [-0.4, -0.2) is 15.0 Å². The number of furan rings is 1. The van der Waals surface area contributed by atoms with Crippen molar-refractivity contribution in [2.45, 2.75) is 79.6 Å². The molecule has 1 radical (unpaired) electrons. The van der Waals surface area contributed by atoms with Crippen molar-refractivity contribution in [3.8, 4) is 44.9 Å². The van der Waals surface area contributed by atoms with Crippen molar-refractivity contribution < 1.29 is 24.5 Å². The number of pyridine rings is 3. The zero-order valence-corrected chi connectivity index (χ0v) is 36.2. The predicted molar refractivity (Wildman–Crippen MR) is 229 cm³/mol. The fourth-order valence-corrected chi connectivity index (χ4v) is 7.48. The molecule has 0 fully saturated rings. The SMILES string of the molecule is Cc1cc(-c2[c-]ccc3c2oc2nc(-c4c(C(C)C)ccc(-c5ccccc5)c4C(C)C)ccc23)ncc1C(C)(C)C.Cc1ccc(-c2[c-]cccc2)nc1.[Ir]. The summed E-state index contributed by atoms with van der Waals surface area (Å²) in [7, 11) is 0. The number of nitrogens with zero attached hydrogens (tertiary/aromatic N) is 3. The minimum absolute atomic E-state index is 0. The number of aromatic nitrogens is 3. The zero-order valence-electron chi connectivity index (χ0n) is 33.8. The maximum absolute atomic E-state index is 6.57. The largest absolute Gasteiger partial charge is 0.486 e. The van der Waals surface area contributed by atoms with Crippen molar-refractivity contribution in [2.75, 3.05) is 0 Å². The molecule has 0 saturated carbocycles. The molecule has 4 heterocycles. The molecule has 8 aromatic rings. The summed E-state index contributed by atoms with van der Waals surface area (Å²) in [6.07, 6.45) is 3.87. The molecule has 0 unspecified atom stereocenters. The Balaban J connectivity index is 0.000000321. The summed E-state index contributed by atoms with van der Waals surface area (Å²) in [5.74, 6) is 0.663. The molecule has 0 aliphatic carbocycles. The first-order chi connectivity index (χ1) is 26.4. The van der Waals surface area contributed by atoms with E-state index in [4.69, 9.17) is 14.4 Å². The van der Waals surface area contributed by atoms with Crippen LogP contribution in [-0.2, 0) is 25.5 Å². The Morgan fingerprint density at radius 1 is 0.661 bits per heavy atom. The third-order valence-electron chi connectivity index (χ3n) is 10.2. The minimum atomic E-state index is 0. The van der Waals surface area contributed by atoms with Crippen molar-refractivity contribution in [3.63, 3.8) is 0 Å². The number of aryl methyl sites for hydroxylation is 2. The van der Waals surface area contributed by atoms with Gasteiger partial charge in [0.05, 0.1) is 11.3 Å². The fraction of sp³-hybridized carbons (Fsp3) is 0.235. The summed E-state index contributed by atoms with van der Waals surface area (Å²) in [4.78, 5) is 14.4. The van der Waals surface area contributed by atoms with Crippen molar-refractivity contribution in [1.82, 2.24) is 15.0 Å². The number of hydrogen-bond donors (Lipinski definition) is 0. The molecule has 0 atom stereocenters. The van der Waals surface area contributed by atoms with Crippen LogP contribution < -0.4 is 0 Å². The van der Waals surface area contributed by atoms with Crippen molar-refractivity contribution in [1.29, 1.82) is 0 Å². The summed E-state index contributed by atoms with van der Waals surface area (Å²) in [6.45, 7) is 19.9. The average molecular weight is 912 g/mol. The first-order valence-electron chi connectivity index (χ1n) is 19.2. The van der Waals surface area contributed by atoms with Gasteiger partial charge in [-0.1, -0.05) is 126 Å². The van der Waals surface area contributed by atoms with Gasteiger partial charge in [0.1, 0.15) is 0 Å². The van der Waals surface area contributed by atoms with Crippen LogP contribution in [0.4, 0.5) is 0 Å². The van der Waals surface area contributed by atoms with Gasteiger partial charge in [0.15, 0.2) is 0 Å². The summed E-state index contributed by atoms with van der Waals surface area (Å²) < 4.78 is 6.57. The van der Waals surface area contributed by atoms with Crippen LogP contribution in [0.25, 0.3) is 67.0 Å². The van der Waals surface area contributed by atoms with Crippen LogP contribution in [0.3, 0.4) is 0 Å². The maximum Gasteiger partial charge on any atom is 0.216 e. The first-order valence-corrected chi connectivity index (χ1v) is 19.2. The molecule has 56 heavy (non-hydrogen) atoms. The quantitative estimate of drug-likeness (QED) is 0.156. The Morgan fingerprint density at radius 2 is 1.39 bits per heavy atom. The van der Waals surface area contributed by atoms with Crippen LogP contribution in [0, 0.1) is 26.0 Å². The summed E-state index contributed by atoms with van der Waals surface area (Å²) in [5, 5.41) is 2.03. The van der Waals surface area contributed by atoms with Gasteiger partial charge in [0.2, 0.25) is 5.71 Å². The van der Waals surface area contributed by atoms with Crippen LogP contribution in [0.1, 0.15) is 88.1 Å². The average Bonchev–Trinajstić information content (AvgIpc) is 3.56. The Hall–Kier alpha value is -5.22.